The van der Waals surface area contributed by atoms with Crippen LogP contribution in [0.2, 0.25) is 0 Å². The molecule has 350 valence electrons. The molecule has 2 atom stereocenters. The second-order valence-corrected chi connectivity index (χ2v) is 16.3. The molecule has 62 heavy (non-hydrogen) atoms. The van der Waals surface area contributed by atoms with Gasteiger partial charge in [-0.25, -0.2) is 4.57 Å². The maximum atomic E-state index is 12.6. The van der Waals surface area contributed by atoms with E-state index in [0.717, 1.165) is 135 Å². The number of unbranched alkanes of at least 4 members (excludes halogenated alkanes) is 8. The van der Waals surface area contributed by atoms with Gasteiger partial charge in [0.05, 0.1) is 19.8 Å². The van der Waals surface area contributed by atoms with Crippen LogP contribution >= 0.6 is 7.82 Å². The van der Waals surface area contributed by atoms with Crippen molar-refractivity contribution in [3.8, 4) is 0 Å². The number of hydrogen-bond donors (Lipinski definition) is 2. The monoisotopic (exact) mass is 880 g/mol. The number of allylic oxidation sites excluding steroid dienone is 22. The Hall–Kier alpha value is -3.36. The summed E-state index contributed by atoms with van der Waals surface area (Å²) in [5.41, 5.74) is 5.37. The van der Waals surface area contributed by atoms with Crippen molar-refractivity contribution < 1.29 is 32.8 Å². The molecule has 0 radical (unpaired) electrons. The molecule has 9 heteroatoms. The lowest BCUT2D eigenvalue weighted by Gasteiger charge is -2.20. The van der Waals surface area contributed by atoms with Gasteiger partial charge in [-0.2, -0.15) is 0 Å². The van der Waals surface area contributed by atoms with E-state index in [2.05, 4.69) is 148 Å². The van der Waals surface area contributed by atoms with E-state index in [4.69, 9.17) is 24.3 Å². The van der Waals surface area contributed by atoms with Crippen molar-refractivity contribution in [3.63, 3.8) is 0 Å². The van der Waals surface area contributed by atoms with Gasteiger partial charge in [0, 0.05) is 19.6 Å². The second kappa shape index (κ2) is 48.7. The summed E-state index contributed by atoms with van der Waals surface area (Å²) in [5, 5.41) is 0. The van der Waals surface area contributed by atoms with Crippen molar-refractivity contribution >= 4 is 13.8 Å². The second-order valence-electron chi connectivity index (χ2n) is 14.9. The predicted molar refractivity (Wildman–Crippen MR) is 265 cm³/mol. The molecule has 3 N–H and O–H groups in total. The van der Waals surface area contributed by atoms with E-state index in [1.165, 1.54) is 0 Å². The Morgan fingerprint density at radius 1 is 0.484 bits per heavy atom. The number of phosphoric ester groups is 1. The maximum absolute atomic E-state index is 12.6. The van der Waals surface area contributed by atoms with Gasteiger partial charge in [-0.3, -0.25) is 13.8 Å². The number of ether oxygens (including phenoxy) is 2. The third-order valence-electron chi connectivity index (χ3n) is 9.06. The highest BCUT2D eigenvalue weighted by Crippen LogP contribution is 2.43. The molecule has 0 aliphatic heterocycles. The first-order valence-corrected chi connectivity index (χ1v) is 25.2. The van der Waals surface area contributed by atoms with Crippen molar-refractivity contribution in [2.75, 3.05) is 33.0 Å². The number of rotatable bonds is 43. The summed E-state index contributed by atoms with van der Waals surface area (Å²) in [6.07, 6.45) is 69.1. The summed E-state index contributed by atoms with van der Waals surface area (Å²) in [5.74, 6) is -0.370. The zero-order valence-electron chi connectivity index (χ0n) is 38.8. The quantitative estimate of drug-likeness (QED) is 0.0269. The molecule has 0 saturated carbocycles. The molecule has 0 heterocycles. The number of nitrogens with two attached hydrogens (primary N) is 1. The minimum atomic E-state index is -4.31. The van der Waals surface area contributed by atoms with Crippen LogP contribution in [0, 0.1) is 0 Å². The van der Waals surface area contributed by atoms with Crippen molar-refractivity contribution in [2.24, 2.45) is 5.73 Å². The molecule has 0 rings (SSSR count). The van der Waals surface area contributed by atoms with Crippen LogP contribution in [-0.2, 0) is 27.9 Å². The largest absolute Gasteiger partial charge is 0.472 e. The number of esters is 1. The lowest BCUT2D eigenvalue weighted by molar-refractivity contribution is -0.154. The highest BCUT2D eigenvalue weighted by Gasteiger charge is 2.25. The molecule has 0 fully saturated rings. The van der Waals surface area contributed by atoms with E-state index >= 15 is 0 Å². The highest BCUT2D eigenvalue weighted by molar-refractivity contribution is 7.47. The van der Waals surface area contributed by atoms with Gasteiger partial charge in [0.2, 0.25) is 0 Å². The van der Waals surface area contributed by atoms with Crippen LogP contribution in [0.15, 0.2) is 134 Å². The van der Waals surface area contributed by atoms with Crippen molar-refractivity contribution in [1.82, 2.24) is 0 Å². The Kier molecular flexibility index (Phi) is 46.0. The molecule has 0 aromatic carbocycles. The molecule has 0 bridgehead atoms. The van der Waals surface area contributed by atoms with Crippen LogP contribution in [0.4, 0.5) is 0 Å². The van der Waals surface area contributed by atoms with Gasteiger partial charge in [-0.05, 0) is 109 Å². The lowest BCUT2D eigenvalue weighted by Crippen LogP contribution is -2.28. The first-order chi connectivity index (χ1) is 30.4. The minimum Gasteiger partial charge on any atom is -0.457 e. The Labute approximate surface area is 378 Å². The summed E-state index contributed by atoms with van der Waals surface area (Å²) in [7, 11) is -4.31. The molecule has 0 spiro atoms. The molecule has 2 unspecified atom stereocenters. The highest BCUT2D eigenvalue weighted by atomic mass is 31.2. The first kappa shape index (κ1) is 58.6. The van der Waals surface area contributed by atoms with Gasteiger partial charge in [0.15, 0.2) is 0 Å². The van der Waals surface area contributed by atoms with E-state index in [1.807, 2.05) is 0 Å². The fourth-order valence-electron chi connectivity index (χ4n) is 5.67. The minimum absolute atomic E-state index is 0.0782. The van der Waals surface area contributed by atoms with E-state index in [9.17, 15) is 14.3 Å². The molecule has 8 nitrogen and oxygen atoms in total. The van der Waals surface area contributed by atoms with Crippen LogP contribution in [0.1, 0.15) is 155 Å². The van der Waals surface area contributed by atoms with Gasteiger partial charge in [0.1, 0.15) is 6.10 Å². The van der Waals surface area contributed by atoms with Crippen LogP contribution in [0.5, 0.6) is 0 Å². The molecule has 0 aliphatic rings. The maximum Gasteiger partial charge on any atom is 0.472 e. The van der Waals surface area contributed by atoms with Crippen LogP contribution in [0.25, 0.3) is 0 Å². The first-order valence-electron chi connectivity index (χ1n) is 23.7. The normalized spacial score (nSPS) is 14.6. The Bertz CT molecular complexity index is 1400. The number of hydrogen-bond acceptors (Lipinski definition) is 7. The molecule has 0 aromatic rings. The summed E-state index contributed by atoms with van der Waals surface area (Å²) in [6, 6.07) is 0. The average Bonchev–Trinajstić information content (AvgIpc) is 3.26. The fraction of sp³-hybridized carbons (Fsp3) is 0.566. The Balaban J connectivity index is 4.13. The molecule has 0 amide bonds. The molecule has 0 aliphatic carbocycles. The van der Waals surface area contributed by atoms with Gasteiger partial charge in [-0.15, -0.1) is 0 Å². The Morgan fingerprint density at radius 2 is 0.855 bits per heavy atom. The lowest BCUT2D eigenvalue weighted by atomic mass is 10.1. The zero-order valence-corrected chi connectivity index (χ0v) is 39.7. The Morgan fingerprint density at radius 3 is 1.26 bits per heavy atom. The zero-order chi connectivity index (χ0) is 45.1. The SMILES string of the molecule is CC/C=C\C/C=C\C/C=C\C/C=C\C/C=C\C/C=C\C/C=C\CCCCCCOCC(COP(=O)(O)OCCN)OC(=O)CCCCCC/C=C\C/C=C\C/C=C\C/C=C\CC. The third kappa shape index (κ3) is 47.7. The van der Waals surface area contributed by atoms with Gasteiger partial charge >= 0.3 is 13.8 Å². The van der Waals surface area contributed by atoms with E-state index in [-0.39, 0.29) is 38.8 Å². The summed E-state index contributed by atoms with van der Waals surface area (Å²) in [6.45, 7) is 4.55. The van der Waals surface area contributed by atoms with Gasteiger partial charge < -0.3 is 20.1 Å². The van der Waals surface area contributed by atoms with Crippen molar-refractivity contribution in [3.05, 3.63) is 134 Å². The molecule has 0 aromatic heterocycles. The smallest absolute Gasteiger partial charge is 0.457 e. The van der Waals surface area contributed by atoms with Crippen molar-refractivity contribution in [1.29, 1.82) is 0 Å². The average molecular weight is 880 g/mol. The summed E-state index contributed by atoms with van der Waals surface area (Å²) >= 11 is 0. The van der Waals surface area contributed by atoms with E-state index in [1.54, 1.807) is 0 Å². The molecular weight excluding hydrogens is 794 g/mol. The van der Waals surface area contributed by atoms with E-state index < -0.39 is 13.9 Å². The predicted octanol–water partition coefficient (Wildman–Crippen LogP) is 14.7. The van der Waals surface area contributed by atoms with Crippen molar-refractivity contribution in [2.45, 2.75) is 161 Å². The van der Waals surface area contributed by atoms with Crippen LogP contribution in [-0.4, -0.2) is 49.9 Å². The third-order valence-corrected chi connectivity index (χ3v) is 10.0. The number of carbonyl (C=O) groups is 1. The van der Waals surface area contributed by atoms with Crippen LogP contribution in [0.3, 0.4) is 0 Å². The number of carbonyl (C=O) groups excluding carboxylic acids is 1. The van der Waals surface area contributed by atoms with Gasteiger partial charge in [-0.1, -0.05) is 173 Å². The summed E-state index contributed by atoms with van der Waals surface area (Å²) in [4.78, 5) is 22.5. The fourth-order valence-corrected chi connectivity index (χ4v) is 6.44. The molecule has 0 saturated heterocycles. The summed E-state index contributed by atoms with van der Waals surface area (Å²) < 4.78 is 33.5. The molecular formula is C53H86NO7P. The van der Waals surface area contributed by atoms with Crippen LogP contribution < -0.4 is 5.73 Å². The van der Waals surface area contributed by atoms with Gasteiger partial charge in [0.25, 0.3) is 0 Å². The number of phosphoric acid groups is 1. The topological polar surface area (TPSA) is 117 Å². The van der Waals surface area contributed by atoms with E-state index in [0.29, 0.717) is 6.61 Å². The standard InChI is InChI=1S/C53H86NO7P/c1-3-5-7-9-11-13-15-17-19-21-22-23-24-25-26-27-28-29-31-33-35-37-39-41-43-45-48-58-50-52(51-60-62(56,57)59-49-47-54)61-53(55)46-44-42-40-38-36-34-32-30-20-18-16-14-12-10-8-6-4-2/h5-8,11-14,17-20,22-23,25-26,28-29,32-35,52H,3-4,9-10,15-16,21,24,27,30-31,36-51,54H2,1-2H3,(H,56,57)/b7-5-,8-6-,13-11-,14-12-,19-17-,20-18-,23-22-,26-25-,29-28-,34-32-,35-33-.